The van der Waals surface area contributed by atoms with Crippen molar-refractivity contribution in [2.45, 2.75) is 0 Å². The van der Waals surface area contributed by atoms with Gasteiger partial charge in [0, 0.05) is 17.1 Å². The van der Waals surface area contributed by atoms with Crippen molar-refractivity contribution in [3.05, 3.63) is 0 Å². The molecule has 0 saturated carbocycles. The first-order valence-electron chi connectivity index (χ1n) is 1.79. The van der Waals surface area contributed by atoms with Gasteiger partial charge in [0.1, 0.15) is 0 Å². The summed E-state index contributed by atoms with van der Waals surface area (Å²) in [5, 5.41) is 0. The second kappa shape index (κ2) is 4.92. The zero-order chi connectivity index (χ0) is 4.50. The van der Waals surface area contributed by atoms with Crippen LogP contribution in [0.2, 0.25) is 0 Å². The van der Waals surface area contributed by atoms with Crippen molar-refractivity contribution in [1.82, 2.24) is 0 Å². The van der Waals surface area contributed by atoms with Gasteiger partial charge in [0.2, 0.25) is 0 Å². The van der Waals surface area contributed by atoms with Crippen LogP contribution in [0.5, 0.6) is 0 Å². The Balaban J connectivity index is -0.0000000800. The molecule has 0 rings (SSSR count). The van der Waals surface area contributed by atoms with E-state index in [0.29, 0.717) is 0 Å². The van der Waals surface area contributed by atoms with Crippen molar-refractivity contribution in [3.63, 3.8) is 0 Å². The summed E-state index contributed by atoms with van der Waals surface area (Å²) in [6.45, 7) is 0. The quantitative estimate of drug-likeness (QED) is 0.271. The van der Waals surface area contributed by atoms with Crippen LogP contribution in [0.3, 0.4) is 0 Å². The molecule has 7 heavy (non-hydrogen) atoms. The van der Waals surface area contributed by atoms with E-state index in [2.05, 4.69) is 28.2 Å². The third-order valence-corrected chi connectivity index (χ3v) is 0. The van der Waals surface area contributed by atoms with Gasteiger partial charge in [-0.25, -0.2) is 0 Å². The minimum Gasteiger partial charge on any atom is -1.00 e. The van der Waals surface area contributed by atoms with Crippen LogP contribution in [0.15, 0.2) is 0 Å². The smallest absolute Gasteiger partial charge is 0.0675 e. The second-order valence-corrected chi connectivity index (χ2v) is 2.68. The number of hydrogen-bond donors (Lipinski definition) is 0. The maximum Gasteiger partial charge on any atom is 0.0675 e. The molecule has 0 amide bonds. The Morgan fingerprint density at radius 3 is 0.857 bits per heavy atom. The van der Waals surface area contributed by atoms with Gasteiger partial charge in [-0.3, -0.25) is 0 Å². The van der Waals surface area contributed by atoms with E-state index in [9.17, 15) is 0 Å². The Morgan fingerprint density at radius 2 is 0.857 bits per heavy atom. The van der Waals surface area contributed by atoms with Crippen LogP contribution in [-0.4, -0.2) is 32.7 Å². The van der Waals surface area contributed by atoms with Crippen molar-refractivity contribution in [2.24, 2.45) is 0 Å². The molecular weight excluding hydrogens is 153 g/mol. The van der Waals surface area contributed by atoms with Crippen LogP contribution in [0.4, 0.5) is 0 Å². The average molecular weight is 165 g/mol. The molecule has 0 spiro atoms. The molecule has 48 valence electrons. The monoisotopic (exact) mass is 165 g/mol. The second-order valence-electron chi connectivity index (χ2n) is 2.68. The minimum absolute atomic E-state index is 0. The molecule has 0 heterocycles. The van der Waals surface area contributed by atoms with E-state index in [4.69, 9.17) is 0 Å². The largest absolute Gasteiger partial charge is 1.00 e. The first-order valence-corrected chi connectivity index (χ1v) is 1.79. The molecule has 1 nitrogen and oxygen atoms in total. The predicted molar refractivity (Wildman–Crippen MR) is 24.0 cm³/mol. The minimum atomic E-state index is 0. The maximum absolute atomic E-state index is 2.12. The molecule has 0 fully saturated rings. The zero-order valence-electron chi connectivity index (χ0n) is 5.18. The Kier molecular flexibility index (Phi) is 11.0. The van der Waals surface area contributed by atoms with Gasteiger partial charge in [-0.2, -0.15) is 0 Å². The van der Waals surface area contributed by atoms with Crippen LogP contribution >= 0.6 is 0 Å². The van der Waals surface area contributed by atoms with Crippen LogP contribution in [0, 0.1) is 0 Å². The molecule has 0 aliphatic carbocycles. The summed E-state index contributed by atoms with van der Waals surface area (Å²) in [5.41, 5.74) is 0. The first-order chi connectivity index (χ1) is 2.00. The number of hydrogen-bond acceptors (Lipinski definition) is 0. The Labute approximate surface area is 62.6 Å². The summed E-state index contributed by atoms with van der Waals surface area (Å²) >= 11 is 0. The van der Waals surface area contributed by atoms with Gasteiger partial charge in [0.25, 0.3) is 0 Å². The molecule has 0 atom stereocenters. The van der Waals surface area contributed by atoms with Gasteiger partial charge < -0.3 is 16.9 Å². The molecule has 0 radical (unpaired) electrons. The molecular formula is C4H12ClFeN. The molecule has 0 aromatic rings. The SMILES string of the molecule is C[N+](C)(C)C.[Cl-].[Fe]. The summed E-state index contributed by atoms with van der Waals surface area (Å²) in [6, 6.07) is 0. The molecule has 0 aromatic heterocycles. The van der Waals surface area contributed by atoms with Crippen molar-refractivity contribution < 1.29 is 34.0 Å². The van der Waals surface area contributed by atoms with E-state index < -0.39 is 0 Å². The molecule has 3 heteroatoms. The molecule has 0 N–H and O–H groups in total. The zero-order valence-corrected chi connectivity index (χ0v) is 7.04. The van der Waals surface area contributed by atoms with Crippen molar-refractivity contribution >= 4 is 0 Å². The van der Waals surface area contributed by atoms with E-state index in [1.165, 1.54) is 0 Å². The summed E-state index contributed by atoms with van der Waals surface area (Å²) in [5.74, 6) is 0. The van der Waals surface area contributed by atoms with Crippen LogP contribution in [-0.2, 0) is 17.1 Å². The summed E-state index contributed by atoms with van der Waals surface area (Å²) in [4.78, 5) is 0. The van der Waals surface area contributed by atoms with Crippen molar-refractivity contribution in [1.29, 1.82) is 0 Å². The number of nitrogens with zero attached hydrogens (tertiary/aromatic N) is 1. The van der Waals surface area contributed by atoms with Gasteiger partial charge in [-0.1, -0.05) is 0 Å². The van der Waals surface area contributed by atoms with Crippen molar-refractivity contribution in [2.75, 3.05) is 28.2 Å². The van der Waals surface area contributed by atoms with E-state index in [-0.39, 0.29) is 29.5 Å². The average Bonchev–Trinajstić information content (AvgIpc) is 0.722. The van der Waals surface area contributed by atoms with E-state index in [1.807, 2.05) is 0 Å². The fourth-order valence-corrected chi connectivity index (χ4v) is 0. The molecule has 0 bridgehead atoms. The van der Waals surface area contributed by atoms with Gasteiger partial charge in [-0.05, 0) is 0 Å². The van der Waals surface area contributed by atoms with Gasteiger partial charge in [0.15, 0.2) is 0 Å². The van der Waals surface area contributed by atoms with E-state index in [1.54, 1.807) is 0 Å². The standard InChI is InChI=1S/C4H12N.ClH.Fe/c1-5(2,3)4;;/h1-4H3;1H;/q+1;;/p-1. The third-order valence-electron chi connectivity index (χ3n) is 0. The number of rotatable bonds is 0. The number of quaternary nitrogens is 1. The summed E-state index contributed by atoms with van der Waals surface area (Å²) < 4.78 is 1.00. The predicted octanol–water partition coefficient (Wildman–Crippen LogP) is -2.68. The van der Waals surface area contributed by atoms with Crippen LogP contribution in [0.25, 0.3) is 0 Å². The fourth-order valence-electron chi connectivity index (χ4n) is 0. The van der Waals surface area contributed by atoms with Gasteiger partial charge in [0.05, 0.1) is 28.2 Å². The van der Waals surface area contributed by atoms with Crippen LogP contribution in [0.1, 0.15) is 0 Å². The van der Waals surface area contributed by atoms with E-state index in [0.717, 1.165) is 4.48 Å². The van der Waals surface area contributed by atoms with Crippen LogP contribution < -0.4 is 12.4 Å². The van der Waals surface area contributed by atoms with Gasteiger partial charge >= 0.3 is 0 Å². The fraction of sp³-hybridized carbons (Fsp3) is 1.00. The summed E-state index contributed by atoms with van der Waals surface area (Å²) in [6.07, 6.45) is 0. The normalized spacial score (nSPS) is 8.57. The molecule has 0 aliphatic heterocycles. The summed E-state index contributed by atoms with van der Waals surface area (Å²) in [7, 11) is 8.50. The third kappa shape index (κ3) is 260. The number of halogens is 1. The van der Waals surface area contributed by atoms with E-state index >= 15 is 0 Å². The maximum atomic E-state index is 2.12. The van der Waals surface area contributed by atoms with Gasteiger partial charge in [-0.15, -0.1) is 0 Å². The Bertz CT molecular complexity index is 27.2. The Hall–Kier alpha value is 0.769. The molecule has 0 unspecified atom stereocenters. The molecule has 0 aromatic carbocycles. The Morgan fingerprint density at radius 1 is 0.857 bits per heavy atom. The molecule has 0 saturated heterocycles. The first kappa shape index (κ1) is 15.7. The topological polar surface area (TPSA) is 0 Å². The molecule has 0 aliphatic rings. The van der Waals surface area contributed by atoms with Crippen molar-refractivity contribution in [3.8, 4) is 0 Å².